The first kappa shape index (κ1) is 13.6. The SMILES string of the molecule is CN(C)CC1CCN(c2nc3sccn3c2C=O)CC1. The molecular formula is C14H20N4OS. The molecule has 3 heterocycles. The standard InChI is InChI=1S/C14H20N4OS/c1-16(2)9-11-3-5-17(6-4-11)13-12(10-19)18-7-8-20-14(18)15-13/h7-8,10-11H,3-6,9H2,1-2H3. The molecule has 6 heteroatoms. The maximum atomic E-state index is 11.4. The van der Waals surface area contributed by atoms with Gasteiger partial charge in [-0.1, -0.05) is 0 Å². The van der Waals surface area contributed by atoms with Gasteiger partial charge in [0.2, 0.25) is 0 Å². The second-order valence-electron chi connectivity index (χ2n) is 5.69. The molecule has 0 radical (unpaired) electrons. The summed E-state index contributed by atoms with van der Waals surface area (Å²) in [5, 5.41) is 1.96. The summed E-state index contributed by atoms with van der Waals surface area (Å²) in [5.41, 5.74) is 0.687. The van der Waals surface area contributed by atoms with Crippen molar-refractivity contribution in [2.75, 3.05) is 38.6 Å². The van der Waals surface area contributed by atoms with Gasteiger partial charge in [-0.05, 0) is 32.9 Å². The number of hydrogen-bond acceptors (Lipinski definition) is 5. The van der Waals surface area contributed by atoms with Crippen LogP contribution in [-0.4, -0.2) is 54.3 Å². The number of rotatable bonds is 4. The smallest absolute Gasteiger partial charge is 0.196 e. The summed E-state index contributed by atoms with van der Waals surface area (Å²) in [6.07, 6.45) is 5.18. The van der Waals surface area contributed by atoms with Crippen LogP contribution in [0.3, 0.4) is 0 Å². The van der Waals surface area contributed by atoms with Gasteiger partial charge in [-0.25, -0.2) is 4.98 Å². The fourth-order valence-corrected chi connectivity index (χ4v) is 3.69. The summed E-state index contributed by atoms with van der Waals surface area (Å²) >= 11 is 1.57. The minimum absolute atomic E-state index is 0.687. The number of fused-ring (bicyclic) bond motifs is 1. The Hall–Kier alpha value is -1.40. The van der Waals surface area contributed by atoms with Crippen LogP contribution in [-0.2, 0) is 0 Å². The molecule has 0 atom stereocenters. The molecule has 20 heavy (non-hydrogen) atoms. The summed E-state index contributed by atoms with van der Waals surface area (Å²) in [6, 6.07) is 0. The van der Waals surface area contributed by atoms with Crippen molar-refractivity contribution in [3.05, 3.63) is 17.3 Å². The van der Waals surface area contributed by atoms with Crippen molar-refractivity contribution in [2.45, 2.75) is 12.8 Å². The lowest BCUT2D eigenvalue weighted by Gasteiger charge is -2.33. The lowest BCUT2D eigenvalue weighted by molar-refractivity contribution is 0.111. The van der Waals surface area contributed by atoms with Crippen LogP contribution in [0.15, 0.2) is 11.6 Å². The predicted molar refractivity (Wildman–Crippen MR) is 81.9 cm³/mol. The Morgan fingerprint density at radius 3 is 2.85 bits per heavy atom. The van der Waals surface area contributed by atoms with E-state index in [1.165, 1.54) is 12.8 Å². The second kappa shape index (κ2) is 5.54. The lowest BCUT2D eigenvalue weighted by atomic mass is 9.96. The van der Waals surface area contributed by atoms with Gasteiger partial charge < -0.3 is 9.80 Å². The van der Waals surface area contributed by atoms with Gasteiger partial charge in [-0.3, -0.25) is 9.20 Å². The molecule has 1 aliphatic rings. The van der Waals surface area contributed by atoms with Crippen molar-refractivity contribution in [3.63, 3.8) is 0 Å². The van der Waals surface area contributed by atoms with Gasteiger partial charge in [0.25, 0.3) is 0 Å². The number of carbonyl (C=O) groups is 1. The van der Waals surface area contributed by atoms with Crippen LogP contribution in [0.2, 0.25) is 0 Å². The predicted octanol–water partition coefficient (Wildman–Crippen LogP) is 1.99. The molecule has 108 valence electrons. The first-order valence-corrected chi connectivity index (χ1v) is 7.87. The lowest BCUT2D eigenvalue weighted by Crippen LogP contribution is -2.37. The number of piperidine rings is 1. The summed E-state index contributed by atoms with van der Waals surface area (Å²) in [5.74, 6) is 1.61. The first-order valence-electron chi connectivity index (χ1n) is 6.99. The van der Waals surface area contributed by atoms with Gasteiger partial charge in [0.1, 0.15) is 5.69 Å². The molecule has 0 saturated carbocycles. The van der Waals surface area contributed by atoms with Crippen molar-refractivity contribution in [3.8, 4) is 0 Å². The highest BCUT2D eigenvalue weighted by Crippen LogP contribution is 2.27. The Balaban J connectivity index is 1.76. The molecule has 0 aromatic carbocycles. The number of aromatic nitrogens is 2. The van der Waals surface area contributed by atoms with Crippen molar-refractivity contribution < 1.29 is 4.79 Å². The highest BCUT2D eigenvalue weighted by atomic mass is 32.1. The first-order chi connectivity index (χ1) is 9.69. The van der Waals surface area contributed by atoms with Crippen LogP contribution >= 0.6 is 11.3 Å². The van der Waals surface area contributed by atoms with Gasteiger partial charge in [0.15, 0.2) is 17.1 Å². The highest BCUT2D eigenvalue weighted by molar-refractivity contribution is 7.15. The van der Waals surface area contributed by atoms with E-state index in [1.807, 2.05) is 16.0 Å². The normalized spacial score (nSPS) is 17.2. The molecule has 0 bridgehead atoms. The van der Waals surface area contributed by atoms with Crippen LogP contribution in [0.1, 0.15) is 23.3 Å². The molecule has 0 unspecified atom stereocenters. The van der Waals surface area contributed by atoms with Gasteiger partial charge in [-0.15, -0.1) is 11.3 Å². The third-order valence-electron chi connectivity index (χ3n) is 3.93. The molecule has 0 aliphatic carbocycles. The Morgan fingerprint density at radius 2 is 2.20 bits per heavy atom. The summed E-state index contributed by atoms with van der Waals surface area (Å²) < 4.78 is 1.89. The third kappa shape index (κ3) is 2.45. The number of nitrogens with zero attached hydrogens (tertiary/aromatic N) is 4. The van der Waals surface area contributed by atoms with E-state index >= 15 is 0 Å². The molecule has 0 spiro atoms. The van der Waals surface area contributed by atoms with Crippen LogP contribution in [0.25, 0.3) is 4.96 Å². The van der Waals surface area contributed by atoms with Crippen LogP contribution in [0, 0.1) is 5.92 Å². The number of aldehydes is 1. The van der Waals surface area contributed by atoms with Crippen LogP contribution in [0.5, 0.6) is 0 Å². The van der Waals surface area contributed by atoms with E-state index in [0.29, 0.717) is 5.69 Å². The maximum Gasteiger partial charge on any atom is 0.196 e. The van der Waals surface area contributed by atoms with E-state index in [-0.39, 0.29) is 0 Å². The molecule has 2 aromatic rings. The zero-order valence-corrected chi connectivity index (χ0v) is 12.8. The van der Waals surface area contributed by atoms with E-state index in [0.717, 1.165) is 42.6 Å². The highest BCUT2D eigenvalue weighted by Gasteiger charge is 2.24. The van der Waals surface area contributed by atoms with Gasteiger partial charge in [0, 0.05) is 31.2 Å². The van der Waals surface area contributed by atoms with E-state index in [2.05, 4.69) is 28.9 Å². The van der Waals surface area contributed by atoms with E-state index in [4.69, 9.17) is 0 Å². The minimum atomic E-state index is 0.687. The van der Waals surface area contributed by atoms with Crippen molar-refractivity contribution >= 4 is 28.4 Å². The number of hydrogen-bond donors (Lipinski definition) is 0. The molecule has 5 nitrogen and oxygen atoms in total. The monoisotopic (exact) mass is 292 g/mol. The zero-order chi connectivity index (χ0) is 14.1. The third-order valence-corrected chi connectivity index (χ3v) is 4.69. The Morgan fingerprint density at radius 1 is 1.45 bits per heavy atom. The molecule has 0 amide bonds. The Labute approximate surface area is 122 Å². The summed E-state index contributed by atoms with van der Waals surface area (Å²) in [4.78, 5) is 21.4. The quantitative estimate of drug-likeness (QED) is 0.808. The molecule has 1 saturated heterocycles. The van der Waals surface area contributed by atoms with Gasteiger partial charge >= 0.3 is 0 Å². The second-order valence-corrected chi connectivity index (χ2v) is 6.56. The molecule has 0 N–H and O–H groups in total. The summed E-state index contributed by atoms with van der Waals surface area (Å²) in [7, 11) is 4.25. The van der Waals surface area contributed by atoms with Crippen LogP contribution < -0.4 is 4.90 Å². The average Bonchev–Trinajstić information content (AvgIpc) is 2.98. The minimum Gasteiger partial charge on any atom is -0.355 e. The summed E-state index contributed by atoms with van der Waals surface area (Å²) in [6.45, 7) is 3.13. The zero-order valence-electron chi connectivity index (χ0n) is 12.0. The molecule has 1 aliphatic heterocycles. The number of thiazole rings is 1. The van der Waals surface area contributed by atoms with Gasteiger partial charge in [0.05, 0.1) is 0 Å². The average molecular weight is 292 g/mol. The molecule has 3 rings (SSSR count). The number of carbonyl (C=O) groups excluding carboxylic acids is 1. The Bertz CT molecular complexity index is 595. The fraction of sp³-hybridized carbons (Fsp3) is 0.571. The van der Waals surface area contributed by atoms with E-state index in [9.17, 15) is 4.79 Å². The van der Waals surface area contributed by atoms with Crippen molar-refractivity contribution in [2.24, 2.45) is 5.92 Å². The number of anilines is 1. The fourth-order valence-electron chi connectivity index (χ4n) is 2.98. The largest absolute Gasteiger partial charge is 0.355 e. The Kier molecular flexibility index (Phi) is 3.76. The number of imidazole rings is 1. The van der Waals surface area contributed by atoms with E-state index in [1.54, 1.807) is 11.3 Å². The van der Waals surface area contributed by atoms with Crippen LogP contribution in [0.4, 0.5) is 5.82 Å². The molecular weight excluding hydrogens is 272 g/mol. The van der Waals surface area contributed by atoms with Crippen molar-refractivity contribution in [1.82, 2.24) is 14.3 Å². The molecule has 2 aromatic heterocycles. The van der Waals surface area contributed by atoms with Gasteiger partial charge in [-0.2, -0.15) is 0 Å². The van der Waals surface area contributed by atoms with Crippen molar-refractivity contribution in [1.29, 1.82) is 0 Å². The maximum absolute atomic E-state index is 11.4. The van der Waals surface area contributed by atoms with E-state index < -0.39 is 0 Å². The molecule has 1 fully saturated rings. The topological polar surface area (TPSA) is 40.9 Å².